The normalized spacial score (nSPS) is 18.0. The molecule has 114 valence electrons. The molecule has 0 unspecified atom stereocenters. The first-order valence-electron chi connectivity index (χ1n) is 7.68. The Hall–Kier alpha value is -1.26. The minimum absolute atomic E-state index is 0.169. The van der Waals surface area contributed by atoms with E-state index in [-0.39, 0.29) is 11.5 Å². The Kier molecular flexibility index (Phi) is 9.70. The first-order chi connectivity index (χ1) is 9.79. The average Bonchev–Trinajstić information content (AvgIpc) is 2.55. The van der Waals surface area contributed by atoms with E-state index in [0.29, 0.717) is 0 Å². The maximum atomic E-state index is 8.65. The summed E-state index contributed by atoms with van der Waals surface area (Å²) in [6, 6.07) is 5.70. The molecule has 4 nitrogen and oxygen atoms in total. The molecule has 1 aromatic carbocycles. The third-order valence-electron chi connectivity index (χ3n) is 3.26. The van der Waals surface area contributed by atoms with Crippen LogP contribution in [0.2, 0.25) is 0 Å². The molecule has 20 heavy (non-hydrogen) atoms. The lowest BCUT2D eigenvalue weighted by Gasteiger charge is -2.08. The number of rotatable bonds is 0. The molecule has 2 aliphatic rings. The number of phenolic OH excluding ortho intramolecular Hbond substituents is 2. The van der Waals surface area contributed by atoms with Gasteiger partial charge in [-0.05, 0) is 76.1 Å². The fraction of sp³-hybridized carbons (Fsp3) is 0.625. The molecule has 1 aromatic rings. The zero-order chi connectivity index (χ0) is 14.5. The summed E-state index contributed by atoms with van der Waals surface area (Å²) >= 11 is 0. The number of hydrogen-bond acceptors (Lipinski definition) is 4. The van der Waals surface area contributed by atoms with Gasteiger partial charge in [-0.3, -0.25) is 0 Å². The van der Waals surface area contributed by atoms with Gasteiger partial charge in [0.15, 0.2) is 0 Å². The van der Waals surface area contributed by atoms with Gasteiger partial charge in [-0.1, -0.05) is 12.8 Å². The van der Waals surface area contributed by atoms with Crippen LogP contribution >= 0.6 is 0 Å². The zero-order valence-corrected chi connectivity index (χ0v) is 12.3. The van der Waals surface area contributed by atoms with Crippen molar-refractivity contribution in [2.24, 2.45) is 0 Å². The van der Waals surface area contributed by atoms with E-state index in [1.165, 1.54) is 89.0 Å². The molecule has 3 rings (SSSR count). The third kappa shape index (κ3) is 9.64. The number of benzene rings is 1. The Morgan fingerprint density at radius 3 is 1.00 bits per heavy atom. The minimum Gasteiger partial charge on any atom is -0.508 e. The van der Waals surface area contributed by atoms with Gasteiger partial charge in [0.05, 0.1) is 0 Å². The van der Waals surface area contributed by atoms with Gasteiger partial charge in [0.2, 0.25) is 0 Å². The lowest BCUT2D eigenvalue weighted by atomic mass is 10.2. The van der Waals surface area contributed by atoms with E-state index in [2.05, 4.69) is 10.6 Å². The molecule has 0 saturated carbocycles. The van der Waals surface area contributed by atoms with Gasteiger partial charge < -0.3 is 20.8 Å². The number of phenols is 2. The highest BCUT2D eigenvalue weighted by molar-refractivity contribution is 5.28. The van der Waals surface area contributed by atoms with Gasteiger partial charge in [-0.2, -0.15) is 0 Å². The molecule has 2 aliphatic heterocycles. The second kappa shape index (κ2) is 11.6. The Bertz CT molecular complexity index is 264. The smallest absolute Gasteiger partial charge is 0.115 e. The monoisotopic (exact) mass is 280 g/mol. The van der Waals surface area contributed by atoms with Gasteiger partial charge in [0, 0.05) is 0 Å². The molecule has 0 aromatic heterocycles. The standard InChI is InChI=1S/C6H6O2.2C5H11N/c7-5-1-2-6(8)4-3-5;2*1-2-4-6-5-3-1/h1-4,7-8H;2*6H,1-5H2. The maximum absolute atomic E-state index is 8.65. The molecule has 0 spiro atoms. The van der Waals surface area contributed by atoms with Crippen molar-refractivity contribution in [3.63, 3.8) is 0 Å². The quantitative estimate of drug-likeness (QED) is 0.552. The van der Waals surface area contributed by atoms with Gasteiger partial charge in [0.1, 0.15) is 11.5 Å². The summed E-state index contributed by atoms with van der Waals surface area (Å²) < 4.78 is 0. The predicted molar refractivity (Wildman–Crippen MR) is 83.2 cm³/mol. The second-order valence-corrected chi connectivity index (χ2v) is 5.14. The summed E-state index contributed by atoms with van der Waals surface area (Å²) in [6.07, 6.45) is 8.43. The average molecular weight is 280 g/mol. The SMILES string of the molecule is C1CCNCC1.C1CCNCC1.Oc1ccc(O)cc1. The Balaban J connectivity index is 0.000000152. The fourth-order valence-electron chi connectivity index (χ4n) is 2.06. The van der Waals surface area contributed by atoms with Crippen LogP contribution in [-0.4, -0.2) is 36.4 Å². The van der Waals surface area contributed by atoms with Crippen LogP contribution < -0.4 is 10.6 Å². The van der Waals surface area contributed by atoms with Crippen LogP contribution in [0.1, 0.15) is 38.5 Å². The molecular weight excluding hydrogens is 252 g/mol. The molecule has 2 heterocycles. The first kappa shape index (κ1) is 16.8. The van der Waals surface area contributed by atoms with E-state index in [1.54, 1.807) is 0 Å². The van der Waals surface area contributed by atoms with Crippen molar-refractivity contribution in [3.8, 4) is 11.5 Å². The van der Waals surface area contributed by atoms with E-state index in [1.807, 2.05) is 0 Å². The highest BCUT2D eigenvalue weighted by Crippen LogP contribution is 2.13. The van der Waals surface area contributed by atoms with Crippen LogP contribution in [-0.2, 0) is 0 Å². The summed E-state index contributed by atoms with van der Waals surface area (Å²) in [5.41, 5.74) is 0. The van der Waals surface area contributed by atoms with Gasteiger partial charge in [0.25, 0.3) is 0 Å². The maximum Gasteiger partial charge on any atom is 0.115 e. The van der Waals surface area contributed by atoms with Crippen molar-refractivity contribution >= 4 is 0 Å². The van der Waals surface area contributed by atoms with Gasteiger partial charge in [-0.25, -0.2) is 0 Å². The molecular formula is C16H28N2O2. The summed E-state index contributed by atoms with van der Waals surface area (Å²) in [4.78, 5) is 0. The van der Waals surface area contributed by atoms with Crippen molar-refractivity contribution in [1.82, 2.24) is 10.6 Å². The van der Waals surface area contributed by atoms with Crippen LogP contribution in [0.25, 0.3) is 0 Å². The lowest BCUT2D eigenvalue weighted by molar-refractivity contribution is 0.460. The number of hydrogen-bond donors (Lipinski definition) is 4. The molecule has 0 atom stereocenters. The molecule has 2 fully saturated rings. The number of piperidine rings is 2. The van der Waals surface area contributed by atoms with E-state index < -0.39 is 0 Å². The van der Waals surface area contributed by atoms with Crippen molar-refractivity contribution in [3.05, 3.63) is 24.3 Å². The summed E-state index contributed by atoms with van der Waals surface area (Å²) in [5, 5.41) is 23.9. The Morgan fingerprint density at radius 2 is 0.850 bits per heavy atom. The topological polar surface area (TPSA) is 64.5 Å². The molecule has 0 bridgehead atoms. The number of nitrogens with one attached hydrogen (secondary N) is 2. The van der Waals surface area contributed by atoms with Gasteiger partial charge in [-0.15, -0.1) is 0 Å². The molecule has 4 N–H and O–H groups in total. The lowest BCUT2D eigenvalue weighted by Crippen LogP contribution is -2.21. The highest BCUT2D eigenvalue weighted by Gasteiger charge is 1.94. The Labute approximate surface area is 122 Å². The highest BCUT2D eigenvalue weighted by atomic mass is 16.3. The number of aromatic hydroxyl groups is 2. The van der Waals surface area contributed by atoms with Crippen LogP contribution in [0.5, 0.6) is 11.5 Å². The molecule has 0 radical (unpaired) electrons. The second-order valence-electron chi connectivity index (χ2n) is 5.14. The summed E-state index contributed by atoms with van der Waals surface area (Å²) in [6.45, 7) is 5.00. The zero-order valence-electron chi connectivity index (χ0n) is 12.3. The van der Waals surface area contributed by atoms with Crippen LogP contribution in [0, 0.1) is 0 Å². The first-order valence-corrected chi connectivity index (χ1v) is 7.68. The Morgan fingerprint density at radius 1 is 0.550 bits per heavy atom. The van der Waals surface area contributed by atoms with Crippen LogP contribution in [0.4, 0.5) is 0 Å². The van der Waals surface area contributed by atoms with E-state index in [0.717, 1.165) is 0 Å². The third-order valence-corrected chi connectivity index (χ3v) is 3.26. The van der Waals surface area contributed by atoms with Crippen molar-refractivity contribution < 1.29 is 10.2 Å². The van der Waals surface area contributed by atoms with E-state index >= 15 is 0 Å². The van der Waals surface area contributed by atoms with Crippen LogP contribution in [0.15, 0.2) is 24.3 Å². The predicted octanol–water partition coefficient (Wildman–Crippen LogP) is 2.62. The van der Waals surface area contributed by atoms with Crippen LogP contribution in [0.3, 0.4) is 0 Å². The summed E-state index contributed by atoms with van der Waals surface area (Å²) in [5.74, 6) is 0.339. The van der Waals surface area contributed by atoms with Crippen molar-refractivity contribution in [2.45, 2.75) is 38.5 Å². The van der Waals surface area contributed by atoms with Crippen molar-refractivity contribution in [1.29, 1.82) is 0 Å². The molecule has 0 aliphatic carbocycles. The molecule has 0 amide bonds. The molecule has 2 saturated heterocycles. The fourth-order valence-corrected chi connectivity index (χ4v) is 2.06. The summed E-state index contributed by atoms with van der Waals surface area (Å²) in [7, 11) is 0. The van der Waals surface area contributed by atoms with E-state index in [9.17, 15) is 0 Å². The molecule has 4 heteroatoms. The van der Waals surface area contributed by atoms with Gasteiger partial charge >= 0.3 is 0 Å². The largest absolute Gasteiger partial charge is 0.508 e. The minimum atomic E-state index is 0.169. The van der Waals surface area contributed by atoms with Crippen molar-refractivity contribution in [2.75, 3.05) is 26.2 Å². The van der Waals surface area contributed by atoms with E-state index in [4.69, 9.17) is 10.2 Å².